The zero-order valence-corrected chi connectivity index (χ0v) is 14.6. The van der Waals surface area contributed by atoms with Crippen molar-refractivity contribution in [2.24, 2.45) is 5.41 Å². The minimum Gasteiger partial charge on any atom is -0.479 e. The third-order valence-electron chi connectivity index (χ3n) is 5.14. The van der Waals surface area contributed by atoms with Gasteiger partial charge in [-0.2, -0.15) is 0 Å². The molecule has 1 aliphatic carbocycles. The first-order valence-corrected chi connectivity index (χ1v) is 8.24. The molecule has 0 aliphatic heterocycles. The molecule has 1 aromatic rings. The molecule has 0 heterocycles. The summed E-state index contributed by atoms with van der Waals surface area (Å²) in [6.45, 7) is 5.74. The van der Waals surface area contributed by atoms with E-state index in [-0.39, 0.29) is 30.9 Å². The number of benzene rings is 1. The average molecular weight is 355 g/mol. The maximum atomic E-state index is 13.6. The third-order valence-corrected chi connectivity index (χ3v) is 5.14. The number of hydrogen-bond acceptors (Lipinski definition) is 3. The first-order valence-electron chi connectivity index (χ1n) is 8.24. The molecule has 2 unspecified atom stereocenters. The first kappa shape index (κ1) is 19.3. The van der Waals surface area contributed by atoms with Gasteiger partial charge in [0.2, 0.25) is 5.91 Å². The molecule has 0 saturated heterocycles. The van der Waals surface area contributed by atoms with Gasteiger partial charge >= 0.3 is 5.97 Å². The number of carbonyl (C=O) groups is 2. The minimum atomic E-state index is -1.43. The first-order chi connectivity index (χ1) is 11.7. The standard InChI is InChI=1S/C18H23F2NO4/c1-4-25-13-10-18(16(23)24,17(13,2)3)21-14(22)9-8-11-6-5-7-12(19)15(11)20/h5-7,13H,4,8-10H2,1-3H3,(H,21,22)(H,23,24). The summed E-state index contributed by atoms with van der Waals surface area (Å²) in [6.07, 6.45) is -0.247. The molecule has 7 heteroatoms. The van der Waals surface area contributed by atoms with Crippen LogP contribution in [0.1, 0.15) is 39.2 Å². The molecule has 1 amide bonds. The lowest BCUT2D eigenvalue weighted by molar-refractivity contribution is -0.194. The normalized spacial score (nSPS) is 24.4. The summed E-state index contributed by atoms with van der Waals surface area (Å²) in [5, 5.41) is 12.2. The molecule has 0 aromatic heterocycles. The molecule has 0 bridgehead atoms. The number of aryl methyl sites for hydroxylation is 1. The van der Waals surface area contributed by atoms with Crippen LogP contribution in [0.4, 0.5) is 8.78 Å². The monoisotopic (exact) mass is 355 g/mol. The summed E-state index contributed by atoms with van der Waals surface area (Å²) in [6, 6.07) is 3.77. The minimum absolute atomic E-state index is 0.0134. The summed E-state index contributed by atoms with van der Waals surface area (Å²) in [5.74, 6) is -3.60. The number of carboxylic acid groups (broad SMARTS) is 1. The van der Waals surface area contributed by atoms with Crippen molar-refractivity contribution in [3.8, 4) is 0 Å². The number of halogens is 2. The Kier molecular flexibility index (Phi) is 5.46. The van der Waals surface area contributed by atoms with E-state index in [0.717, 1.165) is 6.07 Å². The van der Waals surface area contributed by atoms with Gasteiger partial charge in [-0.05, 0) is 25.0 Å². The summed E-state index contributed by atoms with van der Waals surface area (Å²) in [4.78, 5) is 24.0. The lowest BCUT2D eigenvalue weighted by atomic mass is 9.54. The Morgan fingerprint density at radius 3 is 2.60 bits per heavy atom. The number of carboxylic acids is 1. The maximum Gasteiger partial charge on any atom is 0.330 e. The van der Waals surface area contributed by atoms with Gasteiger partial charge in [0, 0.05) is 24.9 Å². The fraction of sp³-hybridized carbons (Fsp3) is 0.556. The Hall–Kier alpha value is -2.02. The topological polar surface area (TPSA) is 75.6 Å². The molecule has 0 spiro atoms. The van der Waals surface area contributed by atoms with Crippen LogP contribution in [0.2, 0.25) is 0 Å². The summed E-state index contributed by atoms with van der Waals surface area (Å²) >= 11 is 0. The van der Waals surface area contributed by atoms with Gasteiger partial charge in [0.05, 0.1) is 6.10 Å². The third kappa shape index (κ3) is 3.38. The van der Waals surface area contributed by atoms with E-state index >= 15 is 0 Å². The molecule has 0 radical (unpaired) electrons. The van der Waals surface area contributed by atoms with Crippen LogP contribution in [0.3, 0.4) is 0 Å². The average Bonchev–Trinajstić information content (AvgIpc) is 2.54. The number of ether oxygens (including phenoxy) is 1. The van der Waals surface area contributed by atoms with Crippen LogP contribution in [0.15, 0.2) is 18.2 Å². The molecule has 1 saturated carbocycles. The highest BCUT2D eigenvalue weighted by atomic mass is 19.2. The molecule has 138 valence electrons. The van der Waals surface area contributed by atoms with Crippen LogP contribution >= 0.6 is 0 Å². The zero-order chi connectivity index (χ0) is 18.8. The number of carbonyl (C=O) groups excluding carboxylic acids is 1. The largest absolute Gasteiger partial charge is 0.479 e. The Balaban J connectivity index is 2.05. The van der Waals surface area contributed by atoms with Gasteiger partial charge in [-0.3, -0.25) is 4.79 Å². The molecule has 5 nitrogen and oxygen atoms in total. The Morgan fingerprint density at radius 1 is 1.36 bits per heavy atom. The van der Waals surface area contributed by atoms with E-state index in [2.05, 4.69) is 5.32 Å². The van der Waals surface area contributed by atoms with Crippen LogP contribution in [0.5, 0.6) is 0 Å². The van der Waals surface area contributed by atoms with Gasteiger partial charge in [0.15, 0.2) is 11.6 Å². The van der Waals surface area contributed by atoms with Crippen LogP contribution in [-0.2, 0) is 20.7 Å². The Bertz CT molecular complexity index is 677. The van der Waals surface area contributed by atoms with E-state index < -0.39 is 34.5 Å². The summed E-state index contributed by atoms with van der Waals surface area (Å²) in [7, 11) is 0. The highest BCUT2D eigenvalue weighted by molar-refractivity contribution is 5.89. The smallest absolute Gasteiger partial charge is 0.330 e. The van der Waals surface area contributed by atoms with Crippen molar-refractivity contribution in [3.05, 3.63) is 35.4 Å². The van der Waals surface area contributed by atoms with E-state index in [1.165, 1.54) is 12.1 Å². The molecule has 1 fully saturated rings. The Labute approximate surface area is 145 Å². The molecule has 25 heavy (non-hydrogen) atoms. The number of hydrogen-bond donors (Lipinski definition) is 2. The quantitative estimate of drug-likeness (QED) is 0.788. The van der Waals surface area contributed by atoms with Crippen molar-refractivity contribution < 1.29 is 28.2 Å². The van der Waals surface area contributed by atoms with E-state index in [1.807, 2.05) is 6.92 Å². The molecule has 1 aromatic carbocycles. The van der Waals surface area contributed by atoms with Gasteiger partial charge in [-0.1, -0.05) is 26.0 Å². The molecule has 1 aliphatic rings. The van der Waals surface area contributed by atoms with E-state index in [1.54, 1.807) is 13.8 Å². The lowest BCUT2D eigenvalue weighted by Gasteiger charge is -2.58. The maximum absolute atomic E-state index is 13.6. The van der Waals surface area contributed by atoms with Crippen LogP contribution < -0.4 is 5.32 Å². The zero-order valence-electron chi connectivity index (χ0n) is 14.6. The summed E-state index contributed by atoms with van der Waals surface area (Å²) < 4.78 is 32.4. The Morgan fingerprint density at radius 2 is 2.04 bits per heavy atom. The van der Waals surface area contributed by atoms with Crippen molar-refractivity contribution in [2.75, 3.05) is 6.61 Å². The number of amides is 1. The molecule has 2 N–H and O–H groups in total. The predicted molar refractivity (Wildman–Crippen MR) is 87.0 cm³/mol. The molecular weight excluding hydrogens is 332 g/mol. The van der Waals surface area contributed by atoms with Crippen molar-refractivity contribution in [3.63, 3.8) is 0 Å². The van der Waals surface area contributed by atoms with Gasteiger partial charge in [-0.25, -0.2) is 13.6 Å². The second-order valence-electron chi connectivity index (χ2n) is 6.84. The SMILES string of the molecule is CCOC1CC(NC(=O)CCc2cccc(F)c2F)(C(=O)O)C1(C)C. The van der Waals surface area contributed by atoms with Crippen LogP contribution in [0.25, 0.3) is 0 Å². The van der Waals surface area contributed by atoms with Crippen molar-refractivity contribution in [1.82, 2.24) is 5.32 Å². The second kappa shape index (κ2) is 7.07. The van der Waals surface area contributed by atoms with Crippen molar-refractivity contribution in [1.29, 1.82) is 0 Å². The van der Waals surface area contributed by atoms with E-state index in [0.29, 0.717) is 6.61 Å². The van der Waals surface area contributed by atoms with Crippen LogP contribution in [-0.4, -0.2) is 35.2 Å². The number of aliphatic carboxylic acids is 1. The van der Waals surface area contributed by atoms with Gasteiger partial charge in [0.1, 0.15) is 5.54 Å². The van der Waals surface area contributed by atoms with Crippen molar-refractivity contribution >= 4 is 11.9 Å². The van der Waals surface area contributed by atoms with Gasteiger partial charge < -0.3 is 15.2 Å². The molecular formula is C18H23F2NO4. The molecule has 2 atom stereocenters. The van der Waals surface area contributed by atoms with Crippen LogP contribution in [0, 0.1) is 17.0 Å². The lowest BCUT2D eigenvalue weighted by Crippen LogP contribution is -2.76. The molecule has 2 rings (SSSR count). The van der Waals surface area contributed by atoms with E-state index in [9.17, 15) is 23.5 Å². The van der Waals surface area contributed by atoms with Crippen molar-refractivity contribution in [2.45, 2.75) is 51.7 Å². The fourth-order valence-corrected chi connectivity index (χ4v) is 3.33. The highest BCUT2D eigenvalue weighted by Gasteiger charge is 2.66. The summed E-state index contributed by atoms with van der Waals surface area (Å²) in [5.41, 5.74) is -2.13. The van der Waals surface area contributed by atoms with E-state index in [4.69, 9.17) is 4.74 Å². The highest BCUT2D eigenvalue weighted by Crippen LogP contribution is 2.51. The predicted octanol–water partition coefficient (Wildman–Crippen LogP) is 2.67. The number of nitrogens with one attached hydrogen (secondary N) is 1. The number of rotatable bonds is 7. The fourth-order valence-electron chi connectivity index (χ4n) is 3.33. The van der Waals surface area contributed by atoms with Gasteiger partial charge in [-0.15, -0.1) is 0 Å². The van der Waals surface area contributed by atoms with Gasteiger partial charge in [0.25, 0.3) is 0 Å². The second-order valence-corrected chi connectivity index (χ2v) is 6.84.